The first kappa shape index (κ1) is 15.4. The van der Waals surface area contributed by atoms with Crippen molar-refractivity contribution in [1.29, 1.82) is 0 Å². The molecule has 0 radical (unpaired) electrons. The zero-order chi connectivity index (χ0) is 14.3. The molecular formula is C14H20N2O2S. The van der Waals surface area contributed by atoms with Crippen molar-refractivity contribution in [3.8, 4) is 5.75 Å². The third-order valence-corrected chi connectivity index (χ3v) is 2.57. The van der Waals surface area contributed by atoms with Gasteiger partial charge in [0.05, 0.1) is 6.10 Å². The van der Waals surface area contributed by atoms with E-state index in [2.05, 4.69) is 10.6 Å². The minimum Gasteiger partial charge on any atom is -0.491 e. The van der Waals surface area contributed by atoms with Crippen LogP contribution in [0.1, 0.15) is 32.8 Å². The second-order valence-electron chi connectivity index (χ2n) is 4.39. The summed E-state index contributed by atoms with van der Waals surface area (Å²) in [5.74, 6) is 0.763. The lowest BCUT2D eigenvalue weighted by Crippen LogP contribution is -2.38. The summed E-state index contributed by atoms with van der Waals surface area (Å²) in [6.07, 6.45) is 0.587. The number of carbonyl (C=O) groups is 1. The standard InChI is InChI=1S/C14H20N2O2S/c1-4-13(17)16-14(19)15-9-11-5-7-12(8-6-11)18-10(2)3/h5-8,10H,4,9H2,1-3H3,(H2,15,16,17,19). The molecule has 104 valence electrons. The van der Waals surface area contributed by atoms with E-state index in [1.54, 1.807) is 6.92 Å². The summed E-state index contributed by atoms with van der Waals surface area (Å²) in [5, 5.41) is 5.93. The Morgan fingerprint density at radius 1 is 1.32 bits per heavy atom. The number of nitrogens with one attached hydrogen (secondary N) is 2. The molecule has 0 heterocycles. The van der Waals surface area contributed by atoms with E-state index in [0.717, 1.165) is 11.3 Å². The molecule has 0 spiro atoms. The van der Waals surface area contributed by atoms with Crippen molar-refractivity contribution >= 4 is 23.2 Å². The number of amides is 1. The number of hydrogen-bond acceptors (Lipinski definition) is 3. The molecule has 1 aromatic rings. The number of carbonyl (C=O) groups excluding carboxylic acids is 1. The topological polar surface area (TPSA) is 50.4 Å². The molecule has 0 aromatic heterocycles. The van der Waals surface area contributed by atoms with Crippen LogP contribution in [-0.2, 0) is 11.3 Å². The number of thiocarbonyl (C=S) groups is 1. The zero-order valence-electron chi connectivity index (χ0n) is 11.5. The van der Waals surface area contributed by atoms with Gasteiger partial charge in [-0.15, -0.1) is 0 Å². The molecule has 1 aromatic carbocycles. The maximum Gasteiger partial charge on any atom is 0.225 e. The van der Waals surface area contributed by atoms with Gasteiger partial charge in [-0.05, 0) is 43.8 Å². The van der Waals surface area contributed by atoms with E-state index in [1.165, 1.54) is 0 Å². The highest BCUT2D eigenvalue weighted by atomic mass is 32.1. The van der Waals surface area contributed by atoms with Gasteiger partial charge in [-0.25, -0.2) is 0 Å². The van der Waals surface area contributed by atoms with E-state index in [-0.39, 0.29) is 12.0 Å². The second-order valence-corrected chi connectivity index (χ2v) is 4.80. The molecule has 0 atom stereocenters. The molecule has 2 N–H and O–H groups in total. The lowest BCUT2D eigenvalue weighted by atomic mass is 10.2. The number of hydrogen-bond donors (Lipinski definition) is 2. The largest absolute Gasteiger partial charge is 0.491 e. The molecule has 19 heavy (non-hydrogen) atoms. The van der Waals surface area contributed by atoms with E-state index in [0.29, 0.717) is 18.1 Å². The molecule has 0 aliphatic rings. The van der Waals surface area contributed by atoms with Gasteiger partial charge in [-0.1, -0.05) is 19.1 Å². The average molecular weight is 280 g/mol. The zero-order valence-corrected chi connectivity index (χ0v) is 12.3. The first-order valence-corrected chi connectivity index (χ1v) is 6.75. The van der Waals surface area contributed by atoms with Gasteiger partial charge in [0.2, 0.25) is 5.91 Å². The van der Waals surface area contributed by atoms with Crippen LogP contribution in [0.2, 0.25) is 0 Å². The molecule has 0 unspecified atom stereocenters. The molecule has 1 rings (SSSR count). The van der Waals surface area contributed by atoms with E-state index in [4.69, 9.17) is 17.0 Å². The van der Waals surface area contributed by atoms with Gasteiger partial charge in [0.25, 0.3) is 0 Å². The number of rotatable bonds is 5. The Hall–Kier alpha value is -1.62. The van der Waals surface area contributed by atoms with Gasteiger partial charge in [-0.2, -0.15) is 0 Å². The van der Waals surface area contributed by atoms with Crippen molar-refractivity contribution in [3.05, 3.63) is 29.8 Å². The third kappa shape index (κ3) is 6.20. The maximum absolute atomic E-state index is 11.1. The molecule has 0 fully saturated rings. The smallest absolute Gasteiger partial charge is 0.225 e. The molecule has 0 saturated carbocycles. The Morgan fingerprint density at radius 3 is 2.47 bits per heavy atom. The predicted octanol–water partition coefficient (Wildman–Crippen LogP) is 2.37. The van der Waals surface area contributed by atoms with E-state index in [1.807, 2.05) is 38.1 Å². The first-order valence-electron chi connectivity index (χ1n) is 6.34. The maximum atomic E-state index is 11.1. The Labute approximate surface area is 119 Å². The van der Waals surface area contributed by atoms with Crippen LogP contribution in [0.3, 0.4) is 0 Å². The Balaban J connectivity index is 2.41. The van der Waals surface area contributed by atoms with Crippen LogP contribution in [-0.4, -0.2) is 17.1 Å². The van der Waals surface area contributed by atoms with Crippen LogP contribution >= 0.6 is 12.2 Å². The molecule has 0 saturated heterocycles. The summed E-state index contributed by atoms with van der Waals surface area (Å²) in [7, 11) is 0. The highest BCUT2D eigenvalue weighted by molar-refractivity contribution is 7.80. The summed E-state index contributed by atoms with van der Waals surface area (Å²) in [5.41, 5.74) is 1.07. The van der Waals surface area contributed by atoms with Crippen molar-refractivity contribution in [1.82, 2.24) is 10.6 Å². The van der Waals surface area contributed by atoms with E-state index in [9.17, 15) is 4.79 Å². The monoisotopic (exact) mass is 280 g/mol. The van der Waals surface area contributed by atoms with Gasteiger partial charge in [-0.3, -0.25) is 4.79 Å². The second kappa shape index (κ2) is 7.74. The summed E-state index contributed by atoms with van der Waals surface area (Å²) in [4.78, 5) is 11.1. The fourth-order valence-corrected chi connectivity index (χ4v) is 1.59. The van der Waals surface area contributed by atoms with Gasteiger partial charge in [0.1, 0.15) is 5.75 Å². The van der Waals surface area contributed by atoms with Gasteiger partial charge >= 0.3 is 0 Å². The van der Waals surface area contributed by atoms with Crippen LogP contribution in [0.5, 0.6) is 5.75 Å². The van der Waals surface area contributed by atoms with Crippen LogP contribution in [0, 0.1) is 0 Å². The van der Waals surface area contributed by atoms with Crippen molar-refractivity contribution in [2.75, 3.05) is 0 Å². The molecule has 4 nitrogen and oxygen atoms in total. The highest BCUT2D eigenvalue weighted by Crippen LogP contribution is 2.13. The summed E-state index contributed by atoms with van der Waals surface area (Å²) < 4.78 is 5.56. The number of benzene rings is 1. The van der Waals surface area contributed by atoms with Crippen LogP contribution in [0.4, 0.5) is 0 Å². The molecule has 5 heteroatoms. The SMILES string of the molecule is CCC(=O)NC(=S)NCc1ccc(OC(C)C)cc1. The van der Waals surface area contributed by atoms with Gasteiger partial charge < -0.3 is 15.4 Å². The Bertz CT molecular complexity index is 430. The minimum absolute atomic E-state index is 0.0850. The van der Waals surface area contributed by atoms with Crippen molar-refractivity contribution < 1.29 is 9.53 Å². The molecule has 0 aliphatic carbocycles. The Morgan fingerprint density at radius 2 is 1.95 bits per heavy atom. The fourth-order valence-electron chi connectivity index (χ4n) is 1.40. The van der Waals surface area contributed by atoms with Crippen LogP contribution in [0.15, 0.2) is 24.3 Å². The number of ether oxygens (including phenoxy) is 1. The van der Waals surface area contributed by atoms with Gasteiger partial charge in [0.15, 0.2) is 5.11 Å². The molecular weight excluding hydrogens is 260 g/mol. The van der Waals surface area contributed by atoms with Crippen molar-refractivity contribution in [2.24, 2.45) is 0 Å². The van der Waals surface area contributed by atoms with Gasteiger partial charge in [0, 0.05) is 13.0 Å². The lowest BCUT2D eigenvalue weighted by Gasteiger charge is -2.11. The fraction of sp³-hybridized carbons (Fsp3) is 0.429. The summed E-state index contributed by atoms with van der Waals surface area (Å²) in [6.45, 7) is 6.34. The summed E-state index contributed by atoms with van der Waals surface area (Å²) in [6, 6.07) is 7.78. The summed E-state index contributed by atoms with van der Waals surface area (Å²) >= 11 is 5.01. The van der Waals surface area contributed by atoms with Crippen molar-refractivity contribution in [3.63, 3.8) is 0 Å². The molecule has 0 aliphatic heterocycles. The van der Waals surface area contributed by atoms with Crippen LogP contribution in [0.25, 0.3) is 0 Å². The highest BCUT2D eigenvalue weighted by Gasteiger charge is 2.02. The lowest BCUT2D eigenvalue weighted by molar-refractivity contribution is -0.119. The molecule has 0 bridgehead atoms. The first-order chi connectivity index (χ1) is 9.01. The predicted molar refractivity (Wildman–Crippen MR) is 80.1 cm³/mol. The quantitative estimate of drug-likeness (QED) is 0.813. The van der Waals surface area contributed by atoms with E-state index < -0.39 is 0 Å². The van der Waals surface area contributed by atoms with Crippen LogP contribution < -0.4 is 15.4 Å². The van der Waals surface area contributed by atoms with E-state index >= 15 is 0 Å². The average Bonchev–Trinajstić information content (AvgIpc) is 2.37. The molecule has 1 amide bonds. The Kier molecular flexibility index (Phi) is 6.29. The third-order valence-electron chi connectivity index (χ3n) is 2.32. The van der Waals surface area contributed by atoms with Crippen molar-refractivity contribution in [2.45, 2.75) is 39.8 Å². The minimum atomic E-state index is -0.0850. The normalized spacial score (nSPS) is 10.1.